The van der Waals surface area contributed by atoms with Crippen molar-refractivity contribution >= 4 is 11.8 Å². The molecule has 0 atom stereocenters. The Morgan fingerprint density at radius 1 is 1.17 bits per heavy atom. The molecule has 2 aliphatic rings. The van der Waals surface area contributed by atoms with E-state index in [0.717, 1.165) is 31.5 Å². The SMILES string of the molecule is O=C1CCCCN1C1(C(=O)NCc2ccccc2)CCNCC1. The van der Waals surface area contributed by atoms with E-state index in [1.807, 2.05) is 35.2 Å². The molecular weight excluding hydrogens is 290 g/mol. The topological polar surface area (TPSA) is 61.4 Å². The van der Waals surface area contributed by atoms with Crippen LogP contribution in [0.2, 0.25) is 0 Å². The smallest absolute Gasteiger partial charge is 0.246 e. The molecule has 0 radical (unpaired) electrons. The average molecular weight is 315 g/mol. The van der Waals surface area contributed by atoms with E-state index in [0.29, 0.717) is 32.4 Å². The van der Waals surface area contributed by atoms with Gasteiger partial charge < -0.3 is 15.5 Å². The van der Waals surface area contributed by atoms with E-state index in [9.17, 15) is 9.59 Å². The Hall–Kier alpha value is -1.88. The fraction of sp³-hybridized carbons (Fsp3) is 0.556. The van der Waals surface area contributed by atoms with Gasteiger partial charge in [-0.2, -0.15) is 0 Å². The molecule has 2 saturated heterocycles. The van der Waals surface area contributed by atoms with Gasteiger partial charge in [0.05, 0.1) is 0 Å². The van der Waals surface area contributed by atoms with Crippen LogP contribution in [-0.2, 0) is 16.1 Å². The normalized spacial score (nSPS) is 21.0. The van der Waals surface area contributed by atoms with Gasteiger partial charge in [0, 0.05) is 19.5 Å². The van der Waals surface area contributed by atoms with Crippen molar-refractivity contribution in [3.05, 3.63) is 35.9 Å². The second-order valence-corrected chi connectivity index (χ2v) is 6.45. The number of piperidine rings is 2. The maximum Gasteiger partial charge on any atom is 0.246 e. The molecule has 2 fully saturated rings. The van der Waals surface area contributed by atoms with E-state index in [2.05, 4.69) is 10.6 Å². The van der Waals surface area contributed by atoms with Crippen molar-refractivity contribution in [3.8, 4) is 0 Å². The maximum absolute atomic E-state index is 13.0. The van der Waals surface area contributed by atoms with E-state index in [1.165, 1.54) is 0 Å². The maximum atomic E-state index is 13.0. The molecule has 0 spiro atoms. The summed E-state index contributed by atoms with van der Waals surface area (Å²) < 4.78 is 0. The van der Waals surface area contributed by atoms with E-state index >= 15 is 0 Å². The number of likely N-dealkylation sites (tertiary alicyclic amines) is 1. The molecule has 2 aliphatic heterocycles. The summed E-state index contributed by atoms with van der Waals surface area (Å²) in [7, 11) is 0. The summed E-state index contributed by atoms with van der Waals surface area (Å²) in [5.74, 6) is 0.131. The van der Waals surface area contributed by atoms with Crippen LogP contribution in [0.5, 0.6) is 0 Å². The van der Waals surface area contributed by atoms with Crippen molar-refractivity contribution in [3.63, 3.8) is 0 Å². The molecule has 0 bridgehead atoms. The number of hydrogen-bond donors (Lipinski definition) is 2. The second-order valence-electron chi connectivity index (χ2n) is 6.45. The van der Waals surface area contributed by atoms with Gasteiger partial charge in [-0.15, -0.1) is 0 Å². The summed E-state index contributed by atoms with van der Waals surface area (Å²) in [5.41, 5.74) is 0.410. The Labute approximate surface area is 137 Å². The first-order valence-electron chi connectivity index (χ1n) is 8.56. The van der Waals surface area contributed by atoms with Gasteiger partial charge in [-0.3, -0.25) is 9.59 Å². The highest BCUT2D eigenvalue weighted by atomic mass is 16.2. The molecule has 0 aliphatic carbocycles. The molecule has 1 aromatic carbocycles. The number of amides is 2. The van der Waals surface area contributed by atoms with Crippen molar-refractivity contribution < 1.29 is 9.59 Å². The highest BCUT2D eigenvalue weighted by Crippen LogP contribution is 2.30. The van der Waals surface area contributed by atoms with Gasteiger partial charge in [-0.1, -0.05) is 30.3 Å². The fourth-order valence-corrected chi connectivity index (χ4v) is 3.66. The van der Waals surface area contributed by atoms with E-state index in [4.69, 9.17) is 0 Å². The third kappa shape index (κ3) is 3.39. The van der Waals surface area contributed by atoms with Crippen LogP contribution < -0.4 is 10.6 Å². The minimum absolute atomic E-state index is 0.00176. The first kappa shape index (κ1) is 16.0. The Kier molecular flexibility index (Phi) is 4.96. The zero-order chi connectivity index (χ0) is 16.1. The Bertz CT molecular complexity index is 553. The quantitative estimate of drug-likeness (QED) is 0.884. The van der Waals surface area contributed by atoms with Crippen LogP contribution in [0.3, 0.4) is 0 Å². The predicted molar refractivity (Wildman–Crippen MR) is 88.7 cm³/mol. The van der Waals surface area contributed by atoms with Gasteiger partial charge in [0.2, 0.25) is 11.8 Å². The van der Waals surface area contributed by atoms with Crippen molar-refractivity contribution in [2.24, 2.45) is 0 Å². The molecule has 2 amide bonds. The van der Waals surface area contributed by atoms with Crippen LogP contribution in [-0.4, -0.2) is 41.9 Å². The lowest BCUT2D eigenvalue weighted by molar-refractivity contribution is -0.152. The van der Waals surface area contributed by atoms with Gasteiger partial charge in [0.1, 0.15) is 5.54 Å². The third-order valence-electron chi connectivity index (χ3n) is 4.99. The summed E-state index contributed by atoms with van der Waals surface area (Å²) in [4.78, 5) is 27.3. The van der Waals surface area contributed by atoms with Crippen LogP contribution in [0.1, 0.15) is 37.7 Å². The molecule has 2 N–H and O–H groups in total. The summed E-state index contributed by atoms with van der Waals surface area (Å²) in [6.07, 6.45) is 3.89. The number of nitrogens with zero attached hydrogens (tertiary/aromatic N) is 1. The summed E-state index contributed by atoms with van der Waals surface area (Å²) in [5, 5.41) is 6.37. The van der Waals surface area contributed by atoms with E-state index in [1.54, 1.807) is 0 Å². The van der Waals surface area contributed by atoms with Crippen LogP contribution >= 0.6 is 0 Å². The monoisotopic (exact) mass is 315 g/mol. The summed E-state index contributed by atoms with van der Waals surface area (Å²) in [6, 6.07) is 9.90. The minimum atomic E-state index is -0.669. The molecule has 0 saturated carbocycles. The lowest BCUT2D eigenvalue weighted by Crippen LogP contribution is -2.65. The number of benzene rings is 1. The number of carbonyl (C=O) groups excluding carboxylic acids is 2. The van der Waals surface area contributed by atoms with Crippen LogP contribution in [0.15, 0.2) is 30.3 Å². The van der Waals surface area contributed by atoms with Crippen molar-refractivity contribution in [1.29, 1.82) is 0 Å². The zero-order valence-electron chi connectivity index (χ0n) is 13.5. The van der Waals surface area contributed by atoms with Crippen molar-refractivity contribution in [2.45, 2.75) is 44.2 Å². The number of rotatable bonds is 4. The molecule has 23 heavy (non-hydrogen) atoms. The van der Waals surface area contributed by atoms with Gasteiger partial charge >= 0.3 is 0 Å². The van der Waals surface area contributed by atoms with E-state index < -0.39 is 5.54 Å². The van der Waals surface area contributed by atoms with Crippen LogP contribution in [0.25, 0.3) is 0 Å². The molecule has 0 unspecified atom stereocenters. The van der Waals surface area contributed by atoms with Gasteiger partial charge in [-0.25, -0.2) is 0 Å². The van der Waals surface area contributed by atoms with Gasteiger partial charge in [-0.05, 0) is 44.3 Å². The summed E-state index contributed by atoms with van der Waals surface area (Å²) in [6.45, 7) is 2.78. The number of nitrogens with one attached hydrogen (secondary N) is 2. The van der Waals surface area contributed by atoms with Gasteiger partial charge in [0.25, 0.3) is 0 Å². The standard InChI is InChI=1S/C18H25N3O2/c22-16-8-4-5-13-21(16)18(9-11-19-12-10-18)17(23)20-14-15-6-2-1-3-7-15/h1-3,6-7,19H,4-5,8-14H2,(H,20,23). The van der Waals surface area contributed by atoms with Crippen molar-refractivity contribution in [2.75, 3.05) is 19.6 Å². The average Bonchev–Trinajstić information content (AvgIpc) is 2.61. The molecule has 124 valence electrons. The van der Waals surface area contributed by atoms with Crippen LogP contribution in [0.4, 0.5) is 0 Å². The molecule has 2 heterocycles. The Morgan fingerprint density at radius 3 is 2.61 bits per heavy atom. The highest BCUT2D eigenvalue weighted by Gasteiger charge is 2.47. The third-order valence-corrected chi connectivity index (χ3v) is 4.99. The van der Waals surface area contributed by atoms with Crippen molar-refractivity contribution in [1.82, 2.24) is 15.5 Å². The molecule has 1 aromatic rings. The summed E-state index contributed by atoms with van der Waals surface area (Å²) >= 11 is 0. The first-order valence-corrected chi connectivity index (χ1v) is 8.56. The Balaban J connectivity index is 1.75. The van der Waals surface area contributed by atoms with Crippen LogP contribution in [0, 0.1) is 0 Å². The fourth-order valence-electron chi connectivity index (χ4n) is 3.66. The largest absolute Gasteiger partial charge is 0.350 e. The predicted octanol–water partition coefficient (Wildman–Crippen LogP) is 1.44. The van der Waals surface area contributed by atoms with Gasteiger partial charge in [0.15, 0.2) is 0 Å². The zero-order valence-corrected chi connectivity index (χ0v) is 13.5. The number of hydrogen-bond acceptors (Lipinski definition) is 3. The lowest BCUT2D eigenvalue weighted by Gasteiger charge is -2.46. The van der Waals surface area contributed by atoms with E-state index in [-0.39, 0.29) is 11.8 Å². The number of carbonyl (C=O) groups is 2. The lowest BCUT2D eigenvalue weighted by atomic mass is 9.83. The minimum Gasteiger partial charge on any atom is -0.350 e. The molecule has 0 aromatic heterocycles. The highest BCUT2D eigenvalue weighted by molar-refractivity contribution is 5.92. The Morgan fingerprint density at radius 2 is 1.91 bits per heavy atom. The second kappa shape index (κ2) is 7.13. The first-order chi connectivity index (χ1) is 11.2. The molecule has 5 heteroatoms. The molecular formula is C18H25N3O2. The molecule has 3 rings (SSSR count). The molecule has 5 nitrogen and oxygen atoms in total.